The SMILES string of the molecule is Cc1ccc(Cl)cc1OCc1cccnc1. The smallest absolute Gasteiger partial charge is 0.124 e. The number of halogens is 1. The summed E-state index contributed by atoms with van der Waals surface area (Å²) in [6.45, 7) is 2.50. The van der Waals surface area contributed by atoms with Gasteiger partial charge in [0.15, 0.2) is 0 Å². The molecule has 16 heavy (non-hydrogen) atoms. The minimum Gasteiger partial charge on any atom is -0.489 e. The zero-order chi connectivity index (χ0) is 11.4. The van der Waals surface area contributed by atoms with E-state index in [9.17, 15) is 0 Å². The summed E-state index contributed by atoms with van der Waals surface area (Å²) < 4.78 is 5.68. The molecule has 2 rings (SSSR count). The molecule has 0 saturated heterocycles. The topological polar surface area (TPSA) is 22.1 Å². The van der Waals surface area contributed by atoms with Gasteiger partial charge in [-0.05, 0) is 30.7 Å². The average molecular weight is 234 g/mol. The van der Waals surface area contributed by atoms with Gasteiger partial charge in [-0.2, -0.15) is 0 Å². The van der Waals surface area contributed by atoms with Crippen LogP contribution in [0.25, 0.3) is 0 Å². The molecular weight excluding hydrogens is 222 g/mol. The molecule has 0 amide bonds. The second-order valence-corrected chi connectivity index (χ2v) is 4.00. The maximum absolute atomic E-state index is 5.91. The lowest BCUT2D eigenvalue weighted by Crippen LogP contribution is -1.97. The van der Waals surface area contributed by atoms with Gasteiger partial charge in [-0.25, -0.2) is 0 Å². The van der Waals surface area contributed by atoms with Crippen LogP contribution in [0.3, 0.4) is 0 Å². The van der Waals surface area contributed by atoms with Gasteiger partial charge < -0.3 is 4.74 Å². The van der Waals surface area contributed by atoms with Gasteiger partial charge >= 0.3 is 0 Å². The van der Waals surface area contributed by atoms with Crippen LogP contribution in [0.2, 0.25) is 5.02 Å². The number of pyridine rings is 1. The Kier molecular flexibility index (Phi) is 3.42. The Morgan fingerprint density at radius 1 is 1.31 bits per heavy atom. The molecule has 0 atom stereocenters. The van der Waals surface area contributed by atoms with E-state index < -0.39 is 0 Å². The van der Waals surface area contributed by atoms with Crippen LogP contribution in [0, 0.1) is 6.92 Å². The van der Waals surface area contributed by atoms with Gasteiger partial charge in [0.05, 0.1) is 0 Å². The predicted molar refractivity (Wildman–Crippen MR) is 64.8 cm³/mol. The van der Waals surface area contributed by atoms with Gasteiger partial charge in [0.2, 0.25) is 0 Å². The molecule has 0 aliphatic heterocycles. The number of rotatable bonds is 3. The number of aromatic nitrogens is 1. The number of nitrogens with zero attached hydrogens (tertiary/aromatic N) is 1. The third-order valence-electron chi connectivity index (χ3n) is 2.27. The van der Waals surface area contributed by atoms with Gasteiger partial charge in [0.25, 0.3) is 0 Å². The second kappa shape index (κ2) is 4.99. The van der Waals surface area contributed by atoms with Gasteiger partial charge in [0.1, 0.15) is 12.4 Å². The standard InChI is InChI=1S/C13H12ClNO/c1-10-4-5-12(14)7-13(10)16-9-11-3-2-6-15-8-11/h2-8H,9H2,1H3. The van der Waals surface area contributed by atoms with E-state index in [1.807, 2.05) is 37.3 Å². The first kappa shape index (κ1) is 11.0. The molecule has 0 aliphatic carbocycles. The largest absolute Gasteiger partial charge is 0.489 e. The molecule has 2 aromatic rings. The first-order valence-electron chi connectivity index (χ1n) is 5.03. The van der Waals surface area contributed by atoms with Gasteiger partial charge in [-0.3, -0.25) is 4.98 Å². The highest BCUT2D eigenvalue weighted by Gasteiger charge is 2.01. The van der Waals surface area contributed by atoms with E-state index in [0.717, 1.165) is 16.9 Å². The first-order chi connectivity index (χ1) is 7.75. The molecule has 3 heteroatoms. The van der Waals surface area contributed by atoms with Crippen molar-refractivity contribution in [1.82, 2.24) is 4.98 Å². The minimum atomic E-state index is 0.509. The highest BCUT2D eigenvalue weighted by molar-refractivity contribution is 6.30. The van der Waals surface area contributed by atoms with E-state index in [2.05, 4.69) is 4.98 Å². The normalized spacial score (nSPS) is 10.1. The molecular formula is C13H12ClNO. The van der Waals surface area contributed by atoms with Crippen LogP contribution in [0.1, 0.15) is 11.1 Å². The fraction of sp³-hybridized carbons (Fsp3) is 0.154. The summed E-state index contributed by atoms with van der Waals surface area (Å²) in [4.78, 5) is 4.03. The molecule has 1 aromatic heterocycles. The Morgan fingerprint density at radius 3 is 2.94 bits per heavy atom. The third kappa shape index (κ3) is 2.74. The van der Waals surface area contributed by atoms with E-state index in [0.29, 0.717) is 11.6 Å². The van der Waals surface area contributed by atoms with Crippen molar-refractivity contribution in [2.45, 2.75) is 13.5 Å². The van der Waals surface area contributed by atoms with Gasteiger partial charge in [-0.15, -0.1) is 0 Å². The second-order valence-electron chi connectivity index (χ2n) is 3.56. The lowest BCUT2D eigenvalue weighted by molar-refractivity contribution is 0.303. The van der Waals surface area contributed by atoms with Gasteiger partial charge in [0, 0.05) is 23.0 Å². The van der Waals surface area contributed by atoms with Crippen molar-refractivity contribution < 1.29 is 4.74 Å². The predicted octanol–water partition coefficient (Wildman–Crippen LogP) is 3.62. The highest BCUT2D eigenvalue weighted by Crippen LogP contribution is 2.23. The monoisotopic (exact) mass is 233 g/mol. The van der Waals surface area contributed by atoms with Crippen LogP contribution in [0.5, 0.6) is 5.75 Å². The molecule has 0 fully saturated rings. The minimum absolute atomic E-state index is 0.509. The summed E-state index contributed by atoms with van der Waals surface area (Å²) in [5.74, 6) is 0.816. The van der Waals surface area contributed by atoms with Crippen LogP contribution < -0.4 is 4.74 Å². The summed E-state index contributed by atoms with van der Waals surface area (Å²) in [6.07, 6.45) is 3.54. The summed E-state index contributed by atoms with van der Waals surface area (Å²) in [6, 6.07) is 9.50. The van der Waals surface area contributed by atoms with Crippen molar-refractivity contribution in [3.63, 3.8) is 0 Å². The van der Waals surface area contributed by atoms with E-state index in [4.69, 9.17) is 16.3 Å². The molecule has 0 unspecified atom stereocenters. The quantitative estimate of drug-likeness (QED) is 0.808. The molecule has 1 aromatic carbocycles. The molecule has 82 valence electrons. The van der Waals surface area contributed by atoms with E-state index >= 15 is 0 Å². The zero-order valence-corrected chi connectivity index (χ0v) is 9.74. The molecule has 1 heterocycles. The number of hydrogen-bond donors (Lipinski definition) is 0. The molecule has 0 spiro atoms. The fourth-order valence-corrected chi connectivity index (χ4v) is 1.54. The van der Waals surface area contributed by atoms with Crippen molar-refractivity contribution in [1.29, 1.82) is 0 Å². The Bertz CT molecular complexity index is 471. The van der Waals surface area contributed by atoms with Crippen molar-refractivity contribution in [3.8, 4) is 5.75 Å². The summed E-state index contributed by atoms with van der Waals surface area (Å²) in [5, 5.41) is 0.687. The average Bonchev–Trinajstić information content (AvgIpc) is 2.32. The Morgan fingerprint density at radius 2 is 2.19 bits per heavy atom. The lowest BCUT2D eigenvalue weighted by Gasteiger charge is -2.09. The maximum Gasteiger partial charge on any atom is 0.124 e. The van der Waals surface area contributed by atoms with Crippen LogP contribution in [-0.2, 0) is 6.61 Å². The summed E-state index contributed by atoms with van der Waals surface area (Å²) >= 11 is 5.91. The van der Waals surface area contributed by atoms with Crippen molar-refractivity contribution in [3.05, 3.63) is 58.9 Å². The third-order valence-corrected chi connectivity index (χ3v) is 2.50. The maximum atomic E-state index is 5.91. The fourth-order valence-electron chi connectivity index (χ4n) is 1.37. The highest BCUT2D eigenvalue weighted by atomic mass is 35.5. The Hall–Kier alpha value is -1.54. The Labute approximate surface area is 99.9 Å². The Balaban J connectivity index is 2.08. The molecule has 0 bridgehead atoms. The summed E-state index contributed by atoms with van der Waals surface area (Å²) in [5.41, 5.74) is 2.12. The van der Waals surface area contributed by atoms with E-state index in [1.54, 1.807) is 12.4 Å². The number of benzene rings is 1. The van der Waals surface area contributed by atoms with E-state index in [-0.39, 0.29) is 0 Å². The van der Waals surface area contributed by atoms with Crippen LogP contribution in [0.4, 0.5) is 0 Å². The van der Waals surface area contributed by atoms with Gasteiger partial charge in [-0.1, -0.05) is 23.7 Å². The lowest BCUT2D eigenvalue weighted by atomic mass is 10.2. The van der Waals surface area contributed by atoms with Crippen molar-refractivity contribution >= 4 is 11.6 Å². The molecule has 0 N–H and O–H groups in total. The number of aryl methyl sites for hydroxylation is 1. The summed E-state index contributed by atoms with van der Waals surface area (Å²) in [7, 11) is 0. The number of hydrogen-bond acceptors (Lipinski definition) is 2. The molecule has 0 radical (unpaired) electrons. The molecule has 0 saturated carbocycles. The molecule has 2 nitrogen and oxygen atoms in total. The first-order valence-corrected chi connectivity index (χ1v) is 5.41. The van der Waals surface area contributed by atoms with Crippen molar-refractivity contribution in [2.24, 2.45) is 0 Å². The van der Waals surface area contributed by atoms with Crippen LogP contribution in [0.15, 0.2) is 42.7 Å². The van der Waals surface area contributed by atoms with Crippen LogP contribution >= 0.6 is 11.6 Å². The number of ether oxygens (including phenoxy) is 1. The zero-order valence-electron chi connectivity index (χ0n) is 8.98. The molecule has 0 aliphatic rings. The van der Waals surface area contributed by atoms with Crippen LogP contribution in [-0.4, -0.2) is 4.98 Å². The van der Waals surface area contributed by atoms with E-state index in [1.165, 1.54) is 0 Å². The van der Waals surface area contributed by atoms with Crippen molar-refractivity contribution in [2.75, 3.05) is 0 Å².